The van der Waals surface area contributed by atoms with Gasteiger partial charge in [-0.1, -0.05) is 46.8 Å². The van der Waals surface area contributed by atoms with Crippen LogP contribution in [0.1, 0.15) is 18.5 Å². The van der Waals surface area contributed by atoms with Gasteiger partial charge in [-0.15, -0.1) is 0 Å². The molecule has 110 valence electrons. The van der Waals surface area contributed by atoms with E-state index in [4.69, 9.17) is 17.0 Å². The van der Waals surface area contributed by atoms with Gasteiger partial charge in [0.05, 0.1) is 11.6 Å². The fourth-order valence-electron chi connectivity index (χ4n) is 2.12. The van der Waals surface area contributed by atoms with Crippen LogP contribution in [0.25, 0.3) is 0 Å². The first-order valence-corrected chi connectivity index (χ1v) is 7.55. The van der Waals surface area contributed by atoms with Gasteiger partial charge in [0, 0.05) is 10.2 Å². The average Bonchev–Trinajstić information content (AvgIpc) is 2.44. The molecule has 6 heteroatoms. The van der Waals surface area contributed by atoms with Crippen molar-refractivity contribution in [2.45, 2.75) is 13.0 Å². The van der Waals surface area contributed by atoms with Crippen LogP contribution in [0.4, 0.5) is 0 Å². The minimum atomic E-state index is -0.393. The molecule has 1 aliphatic rings. The number of allylic oxidation sites excluding steroid dienone is 1. The van der Waals surface area contributed by atoms with Crippen molar-refractivity contribution in [1.29, 1.82) is 0 Å². The minimum absolute atomic E-state index is 0.169. The van der Waals surface area contributed by atoms with Crippen molar-refractivity contribution in [2.75, 3.05) is 6.61 Å². The SMILES string of the molecule is C=CCOC(=O)C1=C(C)NC(=S)N[C@H]1c1ccccc1Br. The maximum Gasteiger partial charge on any atom is 0.338 e. The lowest BCUT2D eigenvalue weighted by Crippen LogP contribution is -2.45. The van der Waals surface area contributed by atoms with Gasteiger partial charge in [-0.25, -0.2) is 4.79 Å². The summed E-state index contributed by atoms with van der Waals surface area (Å²) in [6, 6.07) is 7.33. The van der Waals surface area contributed by atoms with Crippen molar-refractivity contribution in [1.82, 2.24) is 10.6 Å². The Morgan fingerprint density at radius 2 is 2.24 bits per heavy atom. The molecule has 1 aromatic rings. The number of thiocarbonyl (C=S) groups is 1. The number of carbonyl (C=O) groups is 1. The summed E-state index contributed by atoms with van der Waals surface area (Å²) in [6.45, 7) is 5.52. The number of nitrogens with one attached hydrogen (secondary N) is 2. The second-order valence-corrected chi connectivity index (χ2v) is 5.74. The zero-order chi connectivity index (χ0) is 15.4. The maximum atomic E-state index is 12.3. The molecule has 0 amide bonds. The molecule has 1 heterocycles. The number of rotatable bonds is 4. The second-order valence-electron chi connectivity index (χ2n) is 4.48. The lowest BCUT2D eigenvalue weighted by molar-refractivity contribution is -0.138. The van der Waals surface area contributed by atoms with Crippen molar-refractivity contribution in [2.24, 2.45) is 0 Å². The van der Waals surface area contributed by atoms with Crippen LogP contribution in [-0.2, 0) is 9.53 Å². The molecule has 0 fully saturated rings. The van der Waals surface area contributed by atoms with Crippen molar-refractivity contribution >= 4 is 39.2 Å². The summed E-state index contributed by atoms with van der Waals surface area (Å²) in [5.41, 5.74) is 2.12. The van der Waals surface area contributed by atoms with Gasteiger partial charge >= 0.3 is 5.97 Å². The summed E-state index contributed by atoms with van der Waals surface area (Å²) in [4.78, 5) is 12.3. The van der Waals surface area contributed by atoms with Crippen molar-refractivity contribution in [3.8, 4) is 0 Å². The summed E-state index contributed by atoms with van der Waals surface area (Å²) in [5.74, 6) is -0.393. The van der Waals surface area contributed by atoms with Gasteiger partial charge in [-0.3, -0.25) is 0 Å². The molecular weight excluding hydrogens is 352 g/mol. The van der Waals surface area contributed by atoms with E-state index in [0.29, 0.717) is 16.4 Å². The summed E-state index contributed by atoms with van der Waals surface area (Å²) in [7, 11) is 0. The van der Waals surface area contributed by atoms with Gasteiger partial charge in [0.25, 0.3) is 0 Å². The van der Waals surface area contributed by atoms with Gasteiger partial charge in [-0.05, 0) is 30.8 Å². The molecule has 2 N–H and O–H groups in total. The van der Waals surface area contributed by atoms with Gasteiger partial charge in [0.15, 0.2) is 5.11 Å². The van der Waals surface area contributed by atoms with Crippen LogP contribution in [-0.4, -0.2) is 17.7 Å². The molecule has 0 radical (unpaired) electrons. The standard InChI is InChI=1S/C15H15BrN2O2S/c1-3-8-20-14(19)12-9(2)17-15(21)18-13(12)10-6-4-5-7-11(10)16/h3-7,13H,1,8H2,2H3,(H2,17,18,21)/t13-/m0/s1. The zero-order valence-electron chi connectivity index (χ0n) is 11.5. The van der Waals surface area contributed by atoms with Crippen LogP contribution in [0.3, 0.4) is 0 Å². The number of ether oxygens (including phenoxy) is 1. The fraction of sp³-hybridized carbons (Fsp3) is 0.200. The molecule has 21 heavy (non-hydrogen) atoms. The average molecular weight is 367 g/mol. The van der Waals surface area contributed by atoms with Crippen molar-refractivity contribution in [3.05, 3.63) is 58.2 Å². The number of benzene rings is 1. The van der Waals surface area contributed by atoms with E-state index in [0.717, 1.165) is 10.0 Å². The molecular formula is C15H15BrN2O2S. The van der Waals surface area contributed by atoms with E-state index in [1.165, 1.54) is 6.08 Å². The molecule has 0 bridgehead atoms. The summed E-state index contributed by atoms with van der Waals surface area (Å²) in [6.07, 6.45) is 1.54. The van der Waals surface area contributed by atoms with Crippen LogP contribution >= 0.6 is 28.1 Å². The van der Waals surface area contributed by atoms with Crippen LogP contribution < -0.4 is 10.6 Å². The third-order valence-corrected chi connectivity index (χ3v) is 3.98. The molecule has 0 saturated heterocycles. The maximum absolute atomic E-state index is 12.3. The first-order valence-electron chi connectivity index (χ1n) is 6.35. The van der Waals surface area contributed by atoms with E-state index in [1.807, 2.05) is 31.2 Å². The van der Waals surface area contributed by atoms with E-state index in [2.05, 4.69) is 33.1 Å². The molecule has 0 aromatic heterocycles. The van der Waals surface area contributed by atoms with Crippen LogP contribution in [0.15, 0.2) is 52.7 Å². The number of esters is 1. The van der Waals surface area contributed by atoms with Crippen LogP contribution in [0, 0.1) is 0 Å². The Morgan fingerprint density at radius 3 is 2.90 bits per heavy atom. The highest BCUT2D eigenvalue weighted by Crippen LogP contribution is 2.32. The number of hydrogen-bond acceptors (Lipinski definition) is 3. The quantitative estimate of drug-likeness (QED) is 0.487. The van der Waals surface area contributed by atoms with E-state index < -0.39 is 5.97 Å². The third kappa shape index (κ3) is 3.51. The molecule has 0 spiro atoms. The Hall–Kier alpha value is -1.66. The smallest absolute Gasteiger partial charge is 0.338 e. The lowest BCUT2D eigenvalue weighted by Gasteiger charge is -2.30. The van der Waals surface area contributed by atoms with E-state index in [-0.39, 0.29) is 12.6 Å². The second kappa shape index (κ2) is 6.87. The Morgan fingerprint density at radius 1 is 1.52 bits per heavy atom. The molecule has 0 unspecified atom stereocenters. The summed E-state index contributed by atoms with van der Waals surface area (Å²) in [5, 5.41) is 6.56. The van der Waals surface area contributed by atoms with Crippen molar-refractivity contribution < 1.29 is 9.53 Å². The van der Waals surface area contributed by atoms with E-state index >= 15 is 0 Å². The van der Waals surface area contributed by atoms with Gasteiger partial charge in [-0.2, -0.15) is 0 Å². The molecule has 2 rings (SSSR count). The van der Waals surface area contributed by atoms with Gasteiger partial charge in [0.2, 0.25) is 0 Å². The topological polar surface area (TPSA) is 50.4 Å². The lowest BCUT2D eigenvalue weighted by atomic mass is 9.96. The third-order valence-electron chi connectivity index (χ3n) is 3.04. The number of hydrogen-bond donors (Lipinski definition) is 2. The van der Waals surface area contributed by atoms with Gasteiger partial charge in [0.1, 0.15) is 6.61 Å². The monoisotopic (exact) mass is 366 g/mol. The van der Waals surface area contributed by atoms with E-state index in [9.17, 15) is 4.79 Å². The van der Waals surface area contributed by atoms with Crippen LogP contribution in [0.5, 0.6) is 0 Å². The highest BCUT2D eigenvalue weighted by Gasteiger charge is 2.31. The zero-order valence-corrected chi connectivity index (χ0v) is 13.9. The Bertz CT molecular complexity index is 628. The summed E-state index contributed by atoms with van der Waals surface area (Å²) >= 11 is 8.70. The van der Waals surface area contributed by atoms with Gasteiger partial charge < -0.3 is 15.4 Å². The molecule has 0 aliphatic carbocycles. The predicted molar refractivity (Wildman–Crippen MR) is 89.6 cm³/mol. The number of halogens is 1. The molecule has 1 aromatic carbocycles. The van der Waals surface area contributed by atoms with E-state index in [1.54, 1.807) is 0 Å². The fourth-order valence-corrected chi connectivity index (χ4v) is 2.90. The molecule has 0 saturated carbocycles. The first kappa shape index (κ1) is 15.7. The Kier molecular flexibility index (Phi) is 5.14. The highest BCUT2D eigenvalue weighted by atomic mass is 79.9. The Labute approximate surface area is 137 Å². The molecule has 4 nitrogen and oxygen atoms in total. The predicted octanol–water partition coefficient (Wildman–Crippen LogP) is 2.97. The molecule has 1 atom stereocenters. The Balaban J connectivity index is 2.43. The highest BCUT2D eigenvalue weighted by molar-refractivity contribution is 9.10. The minimum Gasteiger partial charge on any atom is -0.458 e. The number of carbonyl (C=O) groups excluding carboxylic acids is 1. The largest absolute Gasteiger partial charge is 0.458 e. The molecule has 1 aliphatic heterocycles. The van der Waals surface area contributed by atoms with Crippen molar-refractivity contribution in [3.63, 3.8) is 0 Å². The van der Waals surface area contributed by atoms with Crippen LogP contribution in [0.2, 0.25) is 0 Å². The first-order chi connectivity index (χ1) is 10.0. The normalized spacial score (nSPS) is 17.8. The summed E-state index contributed by atoms with van der Waals surface area (Å²) < 4.78 is 6.07.